The molecule has 1 aromatic carbocycles. The highest BCUT2D eigenvalue weighted by Gasteiger charge is 2.24. The number of aromatic nitrogens is 4. The number of hydrogen-bond acceptors (Lipinski definition) is 7. The third-order valence-electron chi connectivity index (χ3n) is 7.15. The van der Waals surface area contributed by atoms with Crippen LogP contribution in [0, 0.1) is 12.7 Å². The zero-order chi connectivity index (χ0) is 24.5. The second-order valence-electron chi connectivity index (χ2n) is 9.66. The van der Waals surface area contributed by atoms with Crippen LogP contribution in [0.1, 0.15) is 48.2 Å². The van der Waals surface area contributed by atoms with Crippen molar-refractivity contribution >= 4 is 11.1 Å². The minimum atomic E-state index is -0.361. The summed E-state index contributed by atoms with van der Waals surface area (Å²) in [6, 6.07) is 8.87. The van der Waals surface area contributed by atoms with E-state index < -0.39 is 0 Å². The van der Waals surface area contributed by atoms with Crippen molar-refractivity contribution in [2.24, 2.45) is 0 Å². The maximum absolute atomic E-state index is 14.5. The number of fused-ring (bicyclic) bond motifs is 1. The summed E-state index contributed by atoms with van der Waals surface area (Å²) in [6.45, 7) is 6.42. The van der Waals surface area contributed by atoms with Crippen molar-refractivity contribution in [3.63, 3.8) is 0 Å². The van der Waals surface area contributed by atoms with Gasteiger partial charge in [-0.15, -0.1) is 0 Å². The predicted octanol–water partition coefficient (Wildman–Crippen LogP) is 4.61. The maximum Gasteiger partial charge on any atom is 0.213 e. The van der Waals surface area contributed by atoms with Crippen LogP contribution in [0.2, 0.25) is 0 Å². The lowest BCUT2D eigenvalue weighted by atomic mass is 9.93. The van der Waals surface area contributed by atoms with E-state index in [1.54, 1.807) is 13.0 Å². The number of pyridine rings is 1. The van der Waals surface area contributed by atoms with E-state index in [1.165, 1.54) is 6.07 Å². The van der Waals surface area contributed by atoms with E-state index in [2.05, 4.69) is 31.7 Å². The molecule has 0 bridgehead atoms. The molecule has 188 valence electrons. The van der Waals surface area contributed by atoms with Crippen molar-refractivity contribution in [1.29, 1.82) is 0 Å². The molecular formula is C27H30FN5O3. The normalized spacial score (nSPS) is 19.0. The molecule has 2 fully saturated rings. The number of oxazole rings is 1. The first-order valence-electron chi connectivity index (χ1n) is 12.6. The number of likely N-dealkylation sites (tertiary alicyclic amines) is 1. The van der Waals surface area contributed by atoms with Crippen LogP contribution in [0.25, 0.3) is 11.1 Å². The fraction of sp³-hybridized carbons (Fsp3) is 0.444. The summed E-state index contributed by atoms with van der Waals surface area (Å²) in [5.74, 6) is 2.13. The number of nitrogens with zero attached hydrogens (tertiary/aromatic N) is 5. The van der Waals surface area contributed by atoms with E-state index in [0.717, 1.165) is 63.6 Å². The third-order valence-corrected chi connectivity index (χ3v) is 7.15. The number of piperidine rings is 1. The molecule has 1 atom stereocenters. The van der Waals surface area contributed by atoms with Crippen molar-refractivity contribution < 1.29 is 18.3 Å². The lowest BCUT2D eigenvalue weighted by Gasteiger charge is -2.32. The van der Waals surface area contributed by atoms with Gasteiger partial charge in [0.1, 0.15) is 23.8 Å². The number of halogens is 1. The molecule has 0 spiro atoms. The SMILES string of the molecule is Cc1nc2cc(F)c(COc3cccc(C4CCN(Cc5nccn5C[C@@H]5CCO5)CC4)n3)cc2o1. The van der Waals surface area contributed by atoms with E-state index in [1.807, 2.05) is 18.3 Å². The Morgan fingerprint density at radius 1 is 1.14 bits per heavy atom. The monoisotopic (exact) mass is 491 g/mol. The van der Waals surface area contributed by atoms with E-state index in [0.29, 0.717) is 40.5 Å². The van der Waals surface area contributed by atoms with Crippen molar-refractivity contribution in [3.8, 4) is 5.88 Å². The van der Waals surface area contributed by atoms with E-state index >= 15 is 0 Å². The summed E-state index contributed by atoms with van der Waals surface area (Å²) in [7, 11) is 0. The van der Waals surface area contributed by atoms with Gasteiger partial charge in [-0.05, 0) is 44.5 Å². The highest BCUT2D eigenvalue weighted by molar-refractivity contribution is 5.73. The lowest BCUT2D eigenvalue weighted by molar-refractivity contribution is -0.0598. The first-order chi connectivity index (χ1) is 17.6. The number of imidazole rings is 1. The minimum absolute atomic E-state index is 0.0783. The molecule has 2 aliphatic rings. The summed E-state index contributed by atoms with van der Waals surface area (Å²) in [5, 5.41) is 0. The van der Waals surface area contributed by atoms with Gasteiger partial charge in [0.2, 0.25) is 5.88 Å². The third kappa shape index (κ3) is 4.99. The smallest absolute Gasteiger partial charge is 0.213 e. The highest BCUT2D eigenvalue weighted by Crippen LogP contribution is 2.29. The molecule has 3 aromatic heterocycles. The first-order valence-corrected chi connectivity index (χ1v) is 12.6. The standard InChI is InChI=1S/C27H30FN5O3/c1-18-30-24-14-22(28)20(13-25(24)36-18)17-35-27-4-2-3-23(31-27)19-5-9-32(10-6-19)16-26-29-8-11-33(26)15-21-7-12-34-21/h2-4,8,11,13-14,19,21H,5-7,9-10,12,15-17H2,1H3/t21-/m0/s1. The van der Waals surface area contributed by atoms with E-state index in [9.17, 15) is 4.39 Å². The van der Waals surface area contributed by atoms with Crippen LogP contribution in [0.3, 0.4) is 0 Å². The molecule has 0 unspecified atom stereocenters. The summed E-state index contributed by atoms with van der Waals surface area (Å²) in [4.78, 5) is 16.0. The van der Waals surface area contributed by atoms with Gasteiger partial charge in [-0.25, -0.2) is 19.3 Å². The van der Waals surface area contributed by atoms with Gasteiger partial charge < -0.3 is 18.5 Å². The lowest BCUT2D eigenvalue weighted by Crippen LogP contribution is -2.35. The minimum Gasteiger partial charge on any atom is -0.473 e. The number of aryl methyl sites for hydroxylation is 1. The molecule has 0 radical (unpaired) electrons. The Bertz CT molecular complexity index is 1340. The number of rotatable bonds is 8. The van der Waals surface area contributed by atoms with Crippen LogP contribution < -0.4 is 4.74 Å². The predicted molar refractivity (Wildman–Crippen MR) is 131 cm³/mol. The van der Waals surface area contributed by atoms with Gasteiger partial charge in [-0.2, -0.15) is 0 Å². The fourth-order valence-electron chi connectivity index (χ4n) is 5.00. The molecule has 8 nitrogen and oxygen atoms in total. The number of benzene rings is 1. The molecule has 0 N–H and O–H groups in total. The zero-order valence-corrected chi connectivity index (χ0v) is 20.4. The van der Waals surface area contributed by atoms with Gasteiger partial charge in [-0.1, -0.05) is 6.07 Å². The molecule has 5 heterocycles. The molecule has 6 rings (SSSR count). The van der Waals surface area contributed by atoms with Gasteiger partial charge in [0, 0.05) is 55.2 Å². The van der Waals surface area contributed by atoms with Crippen LogP contribution in [0.15, 0.2) is 47.1 Å². The van der Waals surface area contributed by atoms with Crippen LogP contribution in [-0.4, -0.2) is 50.2 Å². The topological polar surface area (TPSA) is 78.4 Å². The molecule has 36 heavy (non-hydrogen) atoms. The quantitative estimate of drug-likeness (QED) is 0.356. The van der Waals surface area contributed by atoms with E-state index in [-0.39, 0.29) is 12.4 Å². The molecule has 4 aromatic rings. The summed E-state index contributed by atoms with van der Waals surface area (Å²) < 4.78 is 33.7. The number of ether oxygens (including phenoxy) is 2. The fourth-order valence-corrected chi connectivity index (χ4v) is 5.00. The average molecular weight is 492 g/mol. The molecule has 0 saturated carbocycles. The van der Waals surface area contributed by atoms with Gasteiger partial charge in [0.25, 0.3) is 0 Å². The van der Waals surface area contributed by atoms with Gasteiger partial charge in [-0.3, -0.25) is 4.90 Å². The largest absolute Gasteiger partial charge is 0.473 e. The summed E-state index contributed by atoms with van der Waals surface area (Å²) >= 11 is 0. The summed E-state index contributed by atoms with van der Waals surface area (Å²) in [6.07, 6.45) is 7.44. The van der Waals surface area contributed by atoms with Gasteiger partial charge in [0.05, 0.1) is 19.2 Å². The van der Waals surface area contributed by atoms with Crippen LogP contribution in [0.5, 0.6) is 5.88 Å². The zero-order valence-electron chi connectivity index (χ0n) is 20.4. The van der Waals surface area contributed by atoms with Crippen molar-refractivity contribution in [2.45, 2.75) is 57.9 Å². The molecule has 0 amide bonds. The van der Waals surface area contributed by atoms with Crippen molar-refractivity contribution in [3.05, 3.63) is 71.5 Å². The molecule has 9 heteroatoms. The molecular weight excluding hydrogens is 461 g/mol. The average Bonchev–Trinajstić information content (AvgIpc) is 3.45. The Hall–Kier alpha value is -3.30. The second kappa shape index (κ2) is 9.99. The van der Waals surface area contributed by atoms with Gasteiger partial charge >= 0.3 is 0 Å². The summed E-state index contributed by atoms with van der Waals surface area (Å²) in [5.41, 5.74) is 2.51. The second-order valence-corrected chi connectivity index (χ2v) is 9.66. The Morgan fingerprint density at radius 2 is 2.00 bits per heavy atom. The first kappa shape index (κ1) is 23.1. The van der Waals surface area contributed by atoms with Gasteiger partial charge in [0.15, 0.2) is 11.5 Å². The highest BCUT2D eigenvalue weighted by atomic mass is 19.1. The van der Waals surface area contributed by atoms with Crippen LogP contribution >= 0.6 is 0 Å². The van der Waals surface area contributed by atoms with Crippen molar-refractivity contribution in [2.75, 3.05) is 19.7 Å². The molecule has 2 aliphatic heterocycles. The van der Waals surface area contributed by atoms with Crippen molar-refractivity contribution in [1.82, 2.24) is 24.4 Å². The van der Waals surface area contributed by atoms with Crippen LogP contribution in [-0.2, 0) is 24.4 Å². The maximum atomic E-state index is 14.5. The Morgan fingerprint density at radius 3 is 2.81 bits per heavy atom. The Labute approximate surface area is 209 Å². The van der Waals surface area contributed by atoms with E-state index in [4.69, 9.17) is 18.9 Å². The van der Waals surface area contributed by atoms with Crippen LogP contribution in [0.4, 0.5) is 4.39 Å². The molecule has 0 aliphatic carbocycles. The Kier molecular flexibility index (Phi) is 6.41. The Balaban J connectivity index is 1.04. The number of hydrogen-bond donors (Lipinski definition) is 0. The molecule has 2 saturated heterocycles.